The highest BCUT2D eigenvalue weighted by molar-refractivity contribution is 6.36. The van der Waals surface area contributed by atoms with Gasteiger partial charge < -0.3 is 11.1 Å². The number of Topliss-reactive ketones (excluding diaryl/α,β-unsaturated/α-hetero) is 2. The third kappa shape index (κ3) is 5.59. The highest BCUT2D eigenvalue weighted by atomic mass is 16.2. The van der Waals surface area contributed by atoms with Gasteiger partial charge in [-0.15, -0.1) is 0 Å². The maximum absolute atomic E-state index is 12.4. The van der Waals surface area contributed by atoms with Crippen LogP contribution in [0.25, 0.3) is 0 Å². The lowest BCUT2D eigenvalue weighted by atomic mass is 10.0. The molecule has 1 amide bonds. The lowest BCUT2D eigenvalue weighted by molar-refractivity contribution is -0.137. The van der Waals surface area contributed by atoms with Gasteiger partial charge in [0.15, 0.2) is 5.78 Å². The Hall–Kier alpha value is -3.80. The molecule has 3 rings (SSSR count). The number of nitrogens with two attached hydrogens (primary N) is 1. The van der Waals surface area contributed by atoms with Crippen LogP contribution in [0.2, 0.25) is 0 Å². The van der Waals surface area contributed by atoms with E-state index in [1.165, 1.54) is 0 Å². The number of nitrogens with one attached hydrogen (secondary N) is 1. The predicted octanol–water partition coefficient (Wildman–Crippen LogP) is 2.52. The Bertz CT molecular complexity index is 1020. The number of rotatable bonds is 8. The number of nitrogen functional groups attached to an aromatic ring is 1. The molecule has 0 bridgehead atoms. The highest BCUT2D eigenvalue weighted by Gasteiger charge is 2.14. The molecule has 6 nitrogen and oxygen atoms in total. The standard InChI is InChI=1S/C23H21N3O3/c24-20-6-2-1-5-19(20)13-21(27)18-9-7-16(8-10-18)15-26-23(29)22(28)12-17-4-3-11-25-14-17/h1-11,14H,12-13,15,24H2,(H,26,29). The summed E-state index contributed by atoms with van der Waals surface area (Å²) < 4.78 is 0. The third-order valence-corrected chi connectivity index (χ3v) is 4.48. The zero-order valence-electron chi connectivity index (χ0n) is 15.8. The zero-order chi connectivity index (χ0) is 20.6. The molecule has 0 saturated heterocycles. The number of amides is 1. The molecule has 0 atom stereocenters. The molecule has 1 heterocycles. The lowest BCUT2D eigenvalue weighted by Gasteiger charge is -2.07. The molecular weight excluding hydrogens is 366 g/mol. The Morgan fingerprint density at radius 1 is 0.862 bits per heavy atom. The third-order valence-electron chi connectivity index (χ3n) is 4.48. The molecule has 1 aromatic heterocycles. The van der Waals surface area contributed by atoms with Gasteiger partial charge in [-0.25, -0.2) is 0 Å². The van der Waals surface area contributed by atoms with Crippen molar-refractivity contribution >= 4 is 23.2 Å². The van der Waals surface area contributed by atoms with Gasteiger partial charge in [0, 0.05) is 43.0 Å². The summed E-state index contributed by atoms with van der Waals surface area (Å²) in [6.07, 6.45) is 3.41. The molecule has 2 aromatic carbocycles. The van der Waals surface area contributed by atoms with Crippen molar-refractivity contribution in [2.75, 3.05) is 5.73 Å². The van der Waals surface area contributed by atoms with Gasteiger partial charge in [0.1, 0.15) is 0 Å². The molecule has 29 heavy (non-hydrogen) atoms. The zero-order valence-corrected chi connectivity index (χ0v) is 15.8. The molecule has 146 valence electrons. The quantitative estimate of drug-likeness (QED) is 0.351. The Labute approximate surface area is 168 Å². The van der Waals surface area contributed by atoms with Crippen LogP contribution in [0.3, 0.4) is 0 Å². The van der Waals surface area contributed by atoms with E-state index >= 15 is 0 Å². The first-order valence-corrected chi connectivity index (χ1v) is 9.18. The van der Waals surface area contributed by atoms with Crippen molar-refractivity contribution in [1.82, 2.24) is 10.3 Å². The summed E-state index contributed by atoms with van der Waals surface area (Å²) in [5.41, 5.74) is 9.32. The van der Waals surface area contributed by atoms with E-state index in [0.717, 1.165) is 11.1 Å². The minimum atomic E-state index is -0.645. The fourth-order valence-corrected chi connectivity index (χ4v) is 2.83. The van der Waals surface area contributed by atoms with Gasteiger partial charge in [0.25, 0.3) is 5.91 Å². The number of nitrogens with zero attached hydrogens (tertiary/aromatic N) is 1. The second-order valence-corrected chi connectivity index (χ2v) is 6.64. The van der Waals surface area contributed by atoms with Crippen LogP contribution < -0.4 is 11.1 Å². The van der Waals surface area contributed by atoms with Crippen molar-refractivity contribution in [2.45, 2.75) is 19.4 Å². The fraction of sp³-hybridized carbons (Fsp3) is 0.130. The molecule has 6 heteroatoms. The van der Waals surface area contributed by atoms with Crippen molar-refractivity contribution in [3.63, 3.8) is 0 Å². The number of benzene rings is 2. The average molecular weight is 387 g/mol. The van der Waals surface area contributed by atoms with E-state index in [-0.39, 0.29) is 25.2 Å². The first-order chi connectivity index (χ1) is 14.0. The van der Waals surface area contributed by atoms with Crippen molar-refractivity contribution in [3.05, 3.63) is 95.3 Å². The number of hydrogen-bond acceptors (Lipinski definition) is 5. The van der Waals surface area contributed by atoms with Gasteiger partial charge in [-0.1, -0.05) is 48.5 Å². The van der Waals surface area contributed by atoms with Crippen LogP contribution in [0.15, 0.2) is 73.1 Å². The molecule has 3 N–H and O–H groups in total. The smallest absolute Gasteiger partial charge is 0.287 e. The van der Waals surface area contributed by atoms with Crippen LogP contribution in [-0.2, 0) is 29.0 Å². The van der Waals surface area contributed by atoms with Crippen molar-refractivity contribution in [3.8, 4) is 0 Å². The number of para-hydroxylation sites is 1. The van der Waals surface area contributed by atoms with Gasteiger partial charge in [-0.3, -0.25) is 19.4 Å². The number of anilines is 1. The van der Waals surface area contributed by atoms with Crippen LogP contribution in [0.1, 0.15) is 27.0 Å². The molecule has 0 aliphatic rings. The number of hydrogen-bond donors (Lipinski definition) is 2. The number of pyridine rings is 1. The number of carbonyl (C=O) groups is 3. The monoisotopic (exact) mass is 387 g/mol. The van der Waals surface area contributed by atoms with Crippen LogP contribution in [0.4, 0.5) is 5.69 Å². The maximum atomic E-state index is 12.4. The molecule has 0 aliphatic heterocycles. The molecular formula is C23H21N3O3. The first-order valence-electron chi connectivity index (χ1n) is 9.18. The summed E-state index contributed by atoms with van der Waals surface area (Å²) in [7, 11) is 0. The van der Waals surface area contributed by atoms with E-state index in [0.29, 0.717) is 16.8 Å². The van der Waals surface area contributed by atoms with Crippen LogP contribution in [-0.4, -0.2) is 22.5 Å². The Balaban J connectivity index is 1.52. The predicted molar refractivity (Wildman–Crippen MR) is 110 cm³/mol. The van der Waals surface area contributed by atoms with Crippen LogP contribution in [0, 0.1) is 0 Å². The summed E-state index contributed by atoms with van der Waals surface area (Å²) in [5.74, 6) is -1.20. The second kappa shape index (κ2) is 9.41. The average Bonchev–Trinajstić information content (AvgIpc) is 2.74. The molecule has 0 saturated carbocycles. The topological polar surface area (TPSA) is 102 Å². The maximum Gasteiger partial charge on any atom is 0.287 e. The molecule has 0 aliphatic carbocycles. The SMILES string of the molecule is Nc1ccccc1CC(=O)c1ccc(CNC(=O)C(=O)Cc2cccnc2)cc1. The van der Waals surface area contributed by atoms with E-state index in [2.05, 4.69) is 10.3 Å². The van der Waals surface area contributed by atoms with E-state index < -0.39 is 11.7 Å². The molecule has 0 fully saturated rings. The van der Waals surface area contributed by atoms with E-state index in [9.17, 15) is 14.4 Å². The number of carbonyl (C=O) groups excluding carboxylic acids is 3. The second-order valence-electron chi connectivity index (χ2n) is 6.64. The van der Waals surface area contributed by atoms with Crippen molar-refractivity contribution in [1.29, 1.82) is 0 Å². The van der Waals surface area contributed by atoms with E-state index in [1.807, 2.05) is 18.2 Å². The molecule has 3 aromatic rings. The minimum absolute atomic E-state index is 0.00965. The van der Waals surface area contributed by atoms with Gasteiger partial charge in [-0.05, 0) is 28.8 Å². The van der Waals surface area contributed by atoms with Crippen LogP contribution >= 0.6 is 0 Å². The summed E-state index contributed by atoms with van der Waals surface area (Å²) in [5, 5.41) is 2.60. The van der Waals surface area contributed by atoms with E-state index in [4.69, 9.17) is 5.73 Å². The summed E-state index contributed by atoms with van der Waals surface area (Å²) in [6, 6.07) is 17.7. The summed E-state index contributed by atoms with van der Waals surface area (Å²) >= 11 is 0. The fourth-order valence-electron chi connectivity index (χ4n) is 2.83. The van der Waals surface area contributed by atoms with Crippen molar-refractivity contribution in [2.24, 2.45) is 0 Å². The Morgan fingerprint density at radius 2 is 1.62 bits per heavy atom. The summed E-state index contributed by atoms with van der Waals surface area (Å²) in [6.45, 7) is 0.206. The molecule has 0 unspecified atom stereocenters. The first kappa shape index (κ1) is 19.9. The van der Waals surface area contributed by atoms with Crippen LogP contribution in [0.5, 0.6) is 0 Å². The minimum Gasteiger partial charge on any atom is -0.398 e. The van der Waals surface area contributed by atoms with E-state index in [1.54, 1.807) is 54.9 Å². The number of aromatic nitrogens is 1. The van der Waals surface area contributed by atoms with Crippen molar-refractivity contribution < 1.29 is 14.4 Å². The number of ketones is 2. The summed E-state index contributed by atoms with van der Waals surface area (Å²) in [4.78, 5) is 40.3. The van der Waals surface area contributed by atoms with Gasteiger partial charge in [-0.2, -0.15) is 0 Å². The highest BCUT2D eigenvalue weighted by Crippen LogP contribution is 2.15. The van der Waals surface area contributed by atoms with Gasteiger partial charge in [0.05, 0.1) is 0 Å². The van der Waals surface area contributed by atoms with Gasteiger partial charge >= 0.3 is 0 Å². The Kier molecular flexibility index (Phi) is 6.47. The largest absolute Gasteiger partial charge is 0.398 e. The lowest BCUT2D eigenvalue weighted by Crippen LogP contribution is -2.31. The normalized spacial score (nSPS) is 10.3. The molecule has 0 radical (unpaired) electrons. The van der Waals surface area contributed by atoms with Gasteiger partial charge in [0.2, 0.25) is 5.78 Å². The Morgan fingerprint density at radius 3 is 2.31 bits per heavy atom. The molecule has 0 spiro atoms.